The number of hydrogen-bond donors (Lipinski definition) is 0. The van der Waals surface area contributed by atoms with E-state index < -0.39 is 10.0 Å². The first-order valence-electron chi connectivity index (χ1n) is 9.36. The first kappa shape index (κ1) is 20.1. The van der Waals surface area contributed by atoms with Crippen LogP contribution in [0.3, 0.4) is 0 Å². The average Bonchev–Trinajstić information content (AvgIpc) is 2.56. The van der Waals surface area contributed by atoms with Crippen LogP contribution in [0.4, 0.5) is 5.82 Å². The molecule has 0 atom stereocenters. The van der Waals surface area contributed by atoms with Gasteiger partial charge in [-0.15, -0.1) is 0 Å². The highest BCUT2D eigenvalue weighted by atomic mass is 32.2. The van der Waals surface area contributed by atoms with Crippen molar-refractivity contribution in [3.8, 4) is 0 Å². The zero-order valence-corrected chi connectivity index (χ0v) is 16.9. The molecule has 2 heterocycles. The van der Waals surface area contributed by atoms with Crippen molar-refractivity contribution < 1.29 is 8.42 Å². The van der Waals surface area contributed by atoms with Crippen LogP contribution in [0, 0.1) is 6.92 Å². The van der Waals surface area contributed by atoms with Gasteiger partial charge in [0, 0.05) is 39.2 Å². The van der Waals surface area contributed by atoms with Gasteiger partial charge in [0.15, 0.2) is 0 Å². The lowest BCUT2D eigenvalue weighted by molar-refractivity contribution is 0.385. The van der Waals surface area contributed by atoms with E-state index in [2.05, 4.69) is 16.9 Å². The fraction of sp³-hybridized carbons (Fsp3) is 0.778. The van der Waals surface area contributed by atoms with Crippen molar-refractivity contribution in [1.29, 1.82) is 0 Å². The molecule has 0 aliphatic carbocycles. The number of hydrogen-bond acceptors (Lipinski definition) is 5. The number of unbranched alkanes of at least 4 members (excludes halogenated alkanes) is 5. The van der Waals surface area contributed by atoms with Gasteiger partial charge in [0.25, 0.3) is 0 Å². The largest absolute Gasteiger partial charge is 0.362 e. The number of rotatable bonds is 9. The molecule has 25 heavy (non-hydrogen) atoms. The van der Waals surface area contributed by atoms with E-state index in [0.717, 1.165) is 42.2 Å². The molecule has 1 aliphatic rings. The fourth-order valence-corrected chi connectivity index (χ4v) is 4.82. The molecule has 0 saturated carbocycles. The minimum absolute atomic E-state index is 0.248. The molecule has 1 aromatic rings. The maximum Gasteiger partial charge on any atom is 0.214 e. The lowest BCUT2D eigenvalue weighted by Gasteiger charge is -2.30. The maximum absolute atomic E-state index is 12.7. The number of fused-ring (bicyclic) bond motifs is 1. The SMILES string of the molecule is CCCCCCCCS(=O)(=O)N1CCc2nc(C)nc(N(C)C)c2C1. The van der Waals surface area contributed by atoms with Gasteiger partial charge in [0.1, 0.15) is 11.6 Å². The molecular weight excluding hydrogens is 336 g/mol. The van der Waals surface area contributed by atoms with Crippen LogP contribution in [0.2, 0.25) is 0 Å². The van der Waals surface area contributed by atoms with Gasteiger partial charge in [0.2, 0.25) is 10.0 Å². The van der Waals surface area contributed by atoms with Gasteiger partial charge in [-0.05, 0) is 13.3 Å². The lowest BCUT2D eigenvalue weighted by atomic mass is 10.1. The molecular formula is C18H32N4O2S. The van der Waals surface area contributed by atoms with Crippen LogP contribution in [0.25, 0.3) is 0 Å². The van der Waals surface area contributed by atoms with E-state index in [9.17, 15) is 8.42 Å². The Bertz CT molecular complexity index is 674. The van der Waals surface area contributed by atoms with E-state index in [1.807, 2.05) is 25.9 Å². The van der Waals surface area contributed by atoms with Crippen LogP contribution >= 0.6 is 0 Å². The lowest BCUT2D eigenvalue weighted by Crippen LogP contribution is -2.38. The summed E-state index contributed by atoms with van der Waals surface area (Å²) >= 11 is 0. The maximum atomic E-state index is 12.7. The van der Waals surface area contributed by atoms with E-state index in [1.165, 1.54) is 19.3 Å². The minimum atomic E-state index is -3.21. The van der Waals surface area contributed by atoms with Gasteiger partial charge in [-0.25, -0.2) is 18.4 Å². The number of anilines is 1. The summed E-state index contributed by atoms with van der Waals surface area (Å²) in [6.45, 7) is 4.98. The van der Waals surface area contributed by atoms with Crippen molar-refractivity contribution in [2.24, 2.45) is 0 Å². The third kappa shape index (κ3) is 5.38. The van der Waals surface area contributed by atoms with Gasteiger partial charge < -0.3 is 4.90 Å². The Kier molecular flexibility index (Phi) is 7.19. The molecule has 0 bridgehead atoms. The Labute approximate surface area is 152 Å². The molecule has 142 valence electrons. The molecule has 1 aliphatic heterocycles. The number of aromatic nitrogens is 2. The molecule has 0 N–H and O–H groups in total. The summed E-state index contributed by atoms with van der Waals surface area (Å²) in [4.78, 5) is 11.0. The smallest absolute Gasteiger partial charge is 0.214 e. The van der Waals surface area contributed by atoms with Crippen molar-refractivity contribution in [3.05, 3.63) is 17.1 Å². The molecule has 7 heteroatoms. The van der Waals surface area contributed by atoms with E-state index >= 15 is 0 Å². The Morgan fingerprint density at radius 3 is 2.44 bits per heavy atom. The second kappa shape index (κ2) is 8.94. The first-order chi connectivity index (χ1) is 11.8. The highest BCUT2D eigenvalue weighted by molar-refractivity contribution is 7.89. The molecule has 0 radical (unpaired) electrons. The van der Waals surface area contributed by atoms with E-state index in [0.29, 0.717) is 19.5 Å². The summed E-state index contributed by atoms with van der Waals surface area (Å²) < 4.78 is 27.0. The second-order valence-corrected chi connectivity index (χ2v) is 9.17. The third-order valence-corrected chi connectivity index (χ3v) is 6.59. The summed E-state index contributed by atoms with van der Waals surface area (Å²) in [6, 6.07) is 0. The molecule has 0 amide bonds. The molecule has 2 rings (SSSR count). The topological polar surface area (TPSA) is 66.4 Å². The Balaban J connectivity index is 2.01. The summed E-state index contributed by atoms with van der Waals surface area (Å²) in [5.74, 6) is 1.83. The zero-order chi connectivity index (χ0) is 18.4. The van der Waals surface area contributed by atoms with E-state index in [-0.39, 0.29) is 5.75 Å². The molecule has 0 aromatic carbocycles. The van der Waals surface area contributed by atoms with Crippen LogP contribution in [-0.2, 0) is 23.0 Å². The minimum Gasteiger partial charge on any atom is -0.362 e. The normalized spacial score (nSPS) is 15.2. The molecule has 6 nitrogen and oxygen atoms in total. The van der Waals surface area contributed by atoms with Crippen LogP contribution < -0.4 is 4.90 Å². The summed E-state index contributed by atoms with van der Waals surface area (Å²) in [5, 5.41) is 0. The standard InChI is InChI=1S/C18H32N4O2S/c1-5-6-7-8-9-10-13-25(23,24)22-12-11-17-16(14-22)18(21(3)4)20-15(2)19-17/h5-14H2,1-4H3. The monoisotopic (exact) mass is 368 g/mol. The molecule has 1 aromatic heterocycles. The van der Waals surface area contributed by atoms with Gasteiger partial charge in [0.05, 0.1) is 11.4 Å². The molecule has 0 unspecified atom stereocenters. The number of aryl methyl sites for hydroxylation is 1. The molecule has 0 fully saturated rings. The van der Waals surface area contributed by atoms with Gasteiger partial charge >= 0.3 is 0 Å². The highest BCUT2D eigenvalue weighted by Gasteiger charge is 2.29. The van der Waals surface area contributed by atoms with Crippen molar-refractivity contribution in [1.82, 2.24) is 14.3 Å². The summed E-state index contributed by atoms with van der Waals surface area (Å²) in [7, 11) is 0.661. The number of sulfonamides is 1. The van der Waals surface area contributed by atoms with Crippen LogP contribution in [0.15, 0.2) is 0 Å². The van der Waals surface area contributed by atoms with E-state index in [4.69, 9.17) is 0 Å². The summed E-state index contributed by atoms with van der Waals surface area (Å²) in [6.07, 6.45) is 7.19. The van der Waals surface area contributed by atoms with Crippen LogP contribution in [0.5, 0.6) is 0 Å². The van der Waals surface area contributed by atoms with Gasteiger partial charge in [-0.3, -0.25) is 0 Å². The van der Waals surface area contributed by atoms with Crippen LogP contribution in [0.1, 0.15) is 62.5 Å². The second-order valence-electron chi connectivity index (χ2n) is 7.08. The quantitative estimate of drug-likeness (QED) is 0.627. The predicted molar refractivity (Wildman–Crippen MR) is 102 cm³/mol. The van der Waals surface area contributed by atoms with Gasteiger partial charge in [-0.1, -0.05) is 39.0 Å². The number of nitrogens with zero attached hydrogens (tertiary/aromatic N) is 4. The zero-order valence-electron chi connectivity index (χ0n) is 16.1. The van der Waals surface area contributed by atoms with Crippen LogP contribution in [-0.4, -0.2) is 49.1 Å². The average molecular weight is 369 g/mol. The molecule has 0 saturated heterocycles. The summed E-state index contributed by atoms with van der Waals surface area (Å²) in [5.41, 5.74) is 1.94. The van der Waals surface area contributed by atoms with Crippen molar-refractivity contribution in [2.45, 2.75) is 65.3 Å². The first-order valence-corrected chi connectivity index (χ1v) is 11.0. The van der Waals surface area contributed by atoms with Crippen molar-refractivity contribution in [3.63, 3.8) is 0 Å². The van der Waals surface area contributed by atoms with E-state index in [1.54, 1.807) is 4.31 Å². The fourth-order valence-electron chi connectivity index (χ4n) is 3.29. The van der Waals surface area contributed by atoms with Crippen molar-refractivity contribution >= 4 is 15.8 Å². The van der Waals surface area contributed by atoms with Crippen molar-refractivity contribution in [2.75, 3.05) is 31.3 Å². The Hall–Kier alpha value is -1.21. The third-order valence-electron chi connectivity index (χ3n) is 4.69. The highest BCUT2D eigenvalue weighted by Crippen LogP contribution is 2.27. The van der Waals surface area contributed by atoms with Gasteiger partial charge in [-0.2, -0.15) is 4.31 Å². The Morgan fingerprint density at radius 1 is 1.08 bits per heavy atom. The molecule has 0 spiro atoms. The predicted octanol–water partition coefficient (Wildman–Crippen LogP) is 2.90. The Morgan fingerprint density at radius 2 is 1.76 bits per heavy atom.